The zero-order valence-electron chi connectivity index (χ0n) is 22.5. The van der Waals surface area contributed by atoms with Gasteiger partial charge < -0.3 is 28.4 Å². The molecule has 0 saturated carbocycles. The minimum atomic E-state index is -0.278. The predicted octanol–water partition coefficient (Wildman–Crippen LogP) is 5.87. The van der Waals surface area contributed by atoms with Gasteiger partial charge in [0.25, 0.3) is 0 Å². The lowest BCUT2D eigenvalue weighted by Crippen LogP contribution is -2.06. The van der Waals surface area contributed by atoms with Crippen LogP contribution in [0.3, 0.4) is 0 Å². The van der Waals surface area contributed by atoms with E-state index in [1.165, 1.54) is 23.2 Å². The Morgan fingerprint density at radius 3 is 1.14 bits per heavy atom. The molecular weight excluding hydrogens is 460 g/mol. The molecule has 0 heterocycles. The first kappa shape index (κ1) is 28.7. The van der Waals surface area contributed by atoms with Crippen molar-refractivity contribution in [3.63, 3.8) is 0 Å². The summed E-state index contributed by atoms with van der Waals surface area (Å²) < 4.78 is 35.4. The van der Waals surface area contributed by atoms with Crippen LogP contribution in [-0.2, 0) is 12.8 Å². The maximum absolute atomic E-state index is 6.01. The van der Waals surface area contributed by atoms with E-state index in [2.05, 4.69) is 12.1 Å². The van der Waals surface area contributed by atoms with Gasteiger partial charge in [0.05, 0.1) is 39.6 Å². The third-order valence-electron chi connectivity index (χ3n) is 5.46. The van der Waals surface area contributed by atoms with E-state index in [9.17, 15) is 0 Å². The van der Waals surface area contributed by atoms with Crippen molar-refractivity contribution in [3.8, 4) is 34.5 Å². The van der Waals surface area contributed by atoms with Gasteiger partial charge in [-0.05, 0) is 77.6 Å². The van der Waals surface area contributed by atoms with Gasteiger partial charge in [-0.25, -0.2) is 0 Å². The van der Waals surface area contributed by atoms with Gasteiger partial charge in [-0.3, -0.25) is 0 Å². The summed E-state index contributed by atoms with van der Waals surface area (Å²) >= 11 is 0. The lowest BCUT2D eigenvalue weighted by atomic mass is 10.1. The van der Waals surface area contributed by atoms with Crippen LogP contribution in [0.25, 0.3) is 0 Å². The molecule has 6 nitrogen and oxygen atoms in total. The molecule has 0 unspecified atom stereocenters. The molecule has 0 aromatic heterocycles. The van der Waals surface area contributed by atoms with E-state index in [4.69, 9.17) is 28.4 Å². The highest BCUT2D eigenvalue weighted by molar-refractivity contribution is 6.35. The predicted molar refractivity (Wildman–Crippen MR) is 145 cm³/mol. The number of ether oxygens (including phenoxy) is 6. The van der Waals surface area contributed by atoms with E-state index in [-0.39, 0.29) is 9.52 Å². The van der Waals surface area contributed by atoms with Crippen LogP contribution in [0.4, 0.5) is 0 Å². The summed E-state index contributed by atoms with van der Waals surface area (Å²) in [4.78, 5) is 0. The van der Waals surface area contributed by atoms with Crippen LogP contribution in [-0.4, -0.2) is 49.2 Å². The molecule has 196 valence electrons. The second-order valence-electron chi connectivity index (χ2n) is 7.92. The van der Waals surface area contributed by atoms with Gasteiger partial charge in [-0.2, -0.15) is 0 Å². The quantitative estimate of drug-likeness (QED) is 0.187. The number of aryl methyl sites for hydroxylation is 2. The van der Waals surface area contributed by atoms with Gasteiger partial charge in [-0.1, -0.05) is 24.2 Å². The second kappa shape index (κ2) is 16.2. The molecule has 2 aromatic rings. The van der Waals surface area contributed by atoms with E-state index in [0.29, 0.717) is 39.6 Å². The molecule has 35 heavy (non-hydrogen) atoms. The number of benzene rings is 2. The number of hydrogen-bond acceptors (Lipinski definition) is 6. The van der Waals surface area contributed by atoms with Crippen LogP contribution in [0.1, 0.15) is 52.7 Å². The molecular formula is C28H44O6Si. The highest BCUT2D eigenvalue weighted by atomic mass is 28.2. The van der Waals surface area contributed by atoms with Crippen molar-refractivity contribution in [1.29, 1.82) is 0 Å². The Labute approximate surface area is 214 Å². The molecule has 0 atom stereocenters. The zero-order valence-corrected chi connectivity index (χ0v) is 24.0. The summed E-state index contributed by atoms with van der Waals surface area (Å²) in [6.45, 7) is 15.5. The Kier molecular flexibility index (Phi) is 13.3. The fraction of sp³-hybridized carbons (Fsp3) is 0.571. The Balaban J connectivity index is 2.07. The van der Waals surface area contributed by atoms with Crippen molar-refractivity contribution in [2.24, 2.45) is 0 Å². The van der Waals surface area contributed by atoms with Crippen LogP contribution in [0, 0.1) is 0 Å². The summed E-state index contributed by atoms with van der Waals surface area (Å²) in [5, 5.41) is 0. The molecule has 0 fully saturated rings. The molecule has 0 bridgehead atoms. The fourth-order valence-electron chi connectivity index (χ4n) is 4.08. The van der Waals surface area contributed by atoms with Gasteiger partial charge >= 0.3 is 0 Å². The second-order valence-corrected chi connectivity index (χ2v) is 10.0. The van der Waals surface area contributed by atoms with Crippen molar-refractivity contribution in [3.05, 3.63) is 35.4 Å². The molecule has 0 spiro atoms. The molecule has 7 heteroatoms. The molecule has 0 aliphatic rings. The van der Waals surface area contributed by atoms with Gasteiger partial charge in [0.2, 0.25) is 11.5 Å². The average Bonchev–Trinajstić information content (AvgIpc) is 2.85. The van der Waals surface area contributed by atoms with E-state index >= 15 is 0 Å². The van der Waals surface area contributed by atoms with Crippen molar-refractivity contribution in [2.45, 2.75) is 66.5 Å². The SMILES string of the molecule is CCOc1ccc(CC[SiH2]CCc2ccc(OCC)c(OCC)c2OCC)c(OCC)c1OCC. The van der Waals surface area contributed by atoms with Crippen LogP contribution >= 0.6 is 0 Å². The van der Waals surface area contributed by atoms with E-state index in [1.807, 2.05) is 53.7 Å². The summed E-state index contributed by atoms with van der Waals surface area (Å²) in [5.74, 6) is 4.64. The third-order valence-corrected chi connectivity index (χ3v) is 7.17. The molecule has 0 saturated heterocycles. The molecule has 2 rings (SSSR count). The smallest absolute Gasteiger partial charge is 0.203 e. The van der Waals surface area contributed by atoms with Gasteiger partial charge in [0, 0.05) is 9.52 Å². The molecule has 0 aliphatic carbocycles. The average molecular weight is 505 g/mol. The lowest BCUT2D eigenvalue weighted by Gasteiger charge is -2.19. The number of rotatable bonds is 18. The Bertz CT molecular complexity index is 815. The van der Waals surface area contributed by atoms with Gasteiger partial charge in [0.1, 0.15) is 0 Å². The largest absolute Gasteiger partial charge is 0.490 e. The molecule has 2 aromatic carbocycles. The lowest BCUT2D eigenvalue weighted by molar-refractivity contribution is 0.259. The minimum Gasteiger partial charge on any atom is -0.490 e. The summed E-state index contributed by atoms with van der Waals surface area (Å²) in [7, 11) is -0.278. The van der Waals surface area contributed by atoms with E-state index in [1.54, 1.807) is 0 Å². The topological polar surface area (TPSA) is 55.4 Å². The zero-order chi connectivity index (χ0) is 25.5. The minimum absolute atomic E-state index is 0.278. The van der Waals surface area contributed by atoms with E-state index in [0.717, 1.165) is 47.3 Å². The normalized spacial score (nSPS) is 10.7. The maximum Gasteiger partial charge on any atom is 0.203 e. The van der Waals surface area contributed by atoms with Crippen LogP contribution in [0.5, 0.6) is 34.5 Å². The Hall–Kier alpha value is -2.54. The monoisotopic (exact) mass is 504 g/mol. The van der Waals surface area contributed by atoms with Gasteiger partial charge in [-0.15, -0.1) is 0 Å². The van der Waals surface area contributed by atoms with Crippen molar-refractivity contribution in [2.75, 3.05) is 39.6 Å². The summed E-state index contributed by atoms with van der Waals surface area (Å²) in [6.07, 6.45) is 1.97. The fourth-order valence-corrected chi connectivity index (χ4v) is 5.69. The Morgan fingerprint density at radius 2 is 0.800 bits per heavy atom. The maximum atomic E-state index is 6.01. The molecule has 0 N–H and O–H groups in total. The van der Waals surface area contributed by atoms with E-state index < -0.39 is 0 Å². The van der Waals surface area contributed by atoms with Gasteiger partial charge in [0.15, 0.2) is 23.0 Å². The molecule has 0 aliphatic heterocycles. The van der Waals surface area contributed by atoms with Crippen molar-refractivity contribution in [1.82, 2.24) is 0 Å². The highest BCUT2D eigenvalue weighted by Gasteiger charge is 2.19. The third kappa shape index (κ3) is 8.27. The van der Waals surface area contributed by atoms with Crippen LogP contribution in [0.15, 0.2) is 24.3 Å². The number of hydrogen-bond donors (Lipinski definition) is 0. The molecule has 0 amide bonds. The summed E-state index contributed by atoms with van der Waals surface area (Å²) in [5.41, 5.74) is 2.39. The standard InChI is InChI=1S/C28H44O6Si/c1-7-29-23-15-13-21(25(31-9-3)27(23)33-11-5)17-19-35-20-18-22-14-16-24(30-8-2)28(34-12-6)26(22)32-10-4/h13-16H,7-12,17-20,35H2,1-6H3. The van der Waals surface area contributed by atoms with Crippen LogP contribution in [0.2, 0.25) is 12.1 Å². The molecule has 0 radical (unpaired) electrons. The van der Waals surface area contributed by atoms with Crippen LogP contribution < -0.4 is 28.4 Å². The first-order chi connectivity index (χ1) is 17.1. The first-order valence-electron chi connectivity index (χ1n) is 13.2. The Morgan fingerprint density at radius 1 is 0.457 bits per heavy atom. The summed E-state index contributed by atoms with van der Waals surface area (Å²) in [6, 6.07) is 10.7. The first-order valence-corrected chi connectivity index (χ1v) is 15.2. The van der Waals surface area contributed by atoms with Crippen molar-refractivity contribution < 1.29 is 28.4 Å². The van der Waals surface area contributed by atoms with Crippen molar-refractivity contribution >= 4 is 9.52 Å². The highest BCUT2D eigenvalue weighted by Crippen LogP contribution is 2.42.